The monoisotopic (exact) mass is 189 g/mol. The van der Waals surface area contributed by atoms with Crippen molar-refractivity contribution in [1.29, 1.82) is 0 Å². The molecule has 0 unspecified atom stereocenters. The van der Waals surface area contributed by atoms with Crippen LogP contribution in [0.5, 0.6) is 0 Å². The van der Waals surface area contributed by atoms with Crippen LogP contribution < -0.4 is 5.32 Å². The number of nitrogens with one attached hydrogen (secondary N) is 1. The van der Waals surface area contributed by atoms with E-state index in [0.29, 0.717) is 0 Å². The van der Waals surface area contributed by atoms with Crippen LogP contribution >= 0.6 is 0 Å². The highest BCUT2D eigenvalue weighted by atomic mass is 14.9. The quantitative estimate of drug-likeness (QED) is 0.771. The topological polar surface area (TPSA) is 12.0 Å². The van der Waals surface area contributed by atoms with Gasteiger partial charge in [0.05, 0.1) is 0 Å². The Morgan fingerprint density at radius 2 is 2.00 bits per heavy atom. The first-order chi connectivity index (χ1) is 6.84. The van der Waals surface area contributed by atoms with Gasteiger partial charge >= 0.3 is 0 Å². The Labute approximate surface area is 86.5 Å². The van der Waals surface area contributed by atoms with Gasteiger partial charge in [-0.05, 0) is 30.7 Å². The molecule has 1 aliphatic carbocycles. The summed E-state index contributed by atoms with van der Waals surface area (Å²) in [6.07, 6.45) is 4.10. The van der Waals surface area contributed by atoms with Crippen LogP contribution in [0.3, 0.4) is 0 Å². The molecule has 1 fully saturated rings. The van der Waals surface area contributed by atoms with E-state index in [9.17, 15) is 0 Å². The van der Waals surface area contributed by atoms with Crippen molar-refractivity contribution in [2.75, 3.05) is 0 Å². The lowest BCUT2D eigenvalue weighted by Crippen LogP contribution is -2.25. The predicted molar refractivity (Wildman–Crippen MR) is 60.1 cm³/mol. The maximum atomic E-state index is 3.63. The zero-order valence-electron chi connectivity index (χ0n) is 8.87. The summed E-state index contributed by atoms with van der Waals surface area (Å²) < 4.78 is 0. The van der Waals surface area contributed by atoms with E-state index >= 15 is 0 Å². The number of hydrogen-bond donors (Lipinski definition) is 1. The highest BCUT2D eigenvalue weighted by molar-refractivity contribution is 5.14. The van der Waals surface area contributed by atoms with Gasteiger partial charge in [0.15, 0.2) is 0 Å². The number of rotatable bonds is 3. The predicted octanol–water partition coefficient (Wildman–Crippen LogP) is 2.96. The Kier molecular flexibility index (Phi) is 3.20. The van der Waals surface area contributed by atoms with E-state index in [2.05, 4.69) is 42.6 Å². The molecule has 76 valence electrons. The van der Waals surface area contributed by atoms with E-state index in [-0.39, 0.29) is 0 Å². The minimum absolute atomic E-state index is 0.755. The summed E-state index contributed by atoms with van der Waals surface area (Å²) in [4.78, 5) is 0. The standard InChI is InChI=1S/C13H19N/c1-11-7-8-13(9-11)14-10-12-5-3-2-4-6-12/h2-6,11,13-14H,7-10H2,1H3/t11-,13+/m1/s1. The lowest BCUT2D eigenvalue weighted by molar-refractivity contribution is 0.502. The Bertz CT molecular complexity index is 268. The minimum atomic E-state index is 0.755. The fourth-order valence-corrected chi connectivity index (χ4v) is 2.25. The van der Waals surface area contributed by atoms with Gasteiger partial charge in [0.25, 0.3) is 0 Å². The van der Waals surface area contributed by atoms with Gasteiger partial charge in [-0.3, -0.25) is 0 Å². The van der Waals surface area contributed by atoms with E-state index in [1.807, 2.05) is 0 Å². The van der Waals surface area contributed by atoms with Crippen LogP contribution in [-0.4, -0.2) is 6.04 Å². The molecule has 0 radical (unpaired) electrons. The molecule has 1 nitrogen and oxygen atoms in total. The van der Waals surface area contributed by atoms with Gasteiger partial charge in [-0.1, -0.05) is 37.3 Å². The van der Waals surface area contributed by atoms with Gasteiger partial charge in [0.1, 0.15) is 0 Å². The molecule has 1 heteroatoms. The van der Waals surface area contributed by atoms with Crippen molar-refractivity contribution in [3.63, 3.8) is 0 Å². The third kappa shape index (κ3) is 2.58. The first-order valence-electron chi connectivity index (χ1n) is 5.62. The van der Waals surface area contributed by atoms with Crippen molar-refractivity contribution in [3.8, 4) is 0 Å². The smallest absolute Gasteiger partial charge is 0.0208 e. The van der Waals surface area contributed by atoms with Crippen LogP contribution in [0, 0.1) is 5.92 Å². The lowest BCUT2D eigenvalue weighted by Gasteiger charge is -2.11. The summed E-state index contributed by atoms with van der Waals surface area (Å²) in [6, 6.07) is 11.4. The molecule has 2 rings (SSSR count). The van der Waals surface area contributed by atoms with E-state index in [1.165, 1.54) is 24.8 Å². The molecule has 0 bridgehead atoms. The molecule has 1 aliphatic rings. The second-order valence-corrected chi connectivity index (χ2v) is 4.48. The molecule has 1 N–H and O–H groups in total. The van der Waals surface area contributed by atoms with Gasteiger partial charge in [-0.25, -0.2) is 0 Å². The van der Waals surface area contributed by atoms with Gasteiger partial charge in [0.2, 0.25) is 0 Å². The molecule has 0 spiro atoms. The fourth-order valence-electron chi connectivity index (χ4n) is 2.25. The Balaban J connectivity index is 1.78. The van der Waals surface area contributed by atoms with Gasteiger partial charge in [0, 0.05) is 12.6 Å². The summed E-state index contributed by atoms with van der Waals surface area (Å²) in [5.74, 6) is 0.920. The number of benzene rings is 1. The summed E-state index contributed by atoms with van der Waals surface area (Å²) in [6.45, 7) is 3.38. The molecule has 0 aromatic heterocycles. The van der Waals surface area contributed by atoms with Gasteiger partial charge in [-0.2, -0.15) is 0 Å². The van der Waals surface area contributed by atoms with E-state index < -0.39 is 0 Å². The first-order valence-corrected chi connectivity index (χ1v) is 5.62. The van der Waals surface area contributed by atoms with Gasteiger partial charge in [-0.15, -0.1) is 0 Å². The van der Waals surface area contributed by atoms with Crippen LogP contribution in [0.2, 0.25) is 0 Å². The third-order valence-electron chi connectivity index (χ3n) is 3.13. The third-order valence-corrected chi connectivity index (χ3v) is 3.13. The van der Waals surface area contributed by atoms with E-state index in [4.69, 9.17) is 0 Å². The van der Waals surface area contributed by atoms with Gasteiger partial charge < -0.3 is 5.32 Å². The largest absolute Gasteiger partial charge is 0.310 e. The van der Waals surface area contributed by atoms with Crippen molar-refractivity contribution in [2.24, 2.45) is 5.92 Å². The Hall–Kier alpha value is -0.820. The van der Waals surface area contributed by atoms with Crippen LogP contribution in [0.4, 0.5) is 0 Å². The van der Waals surface area contributed by atoms with Crippen LogP contribution in [0.1, 0.15) is 31.7 Å². The molecule has 1 saturated carbocycles. The average molecular weight is 189 g/mol. The molecule has 2 atom stereocenters. The van der Waals surface area contributed by atoms with E-state index in [0.717, 1.165) is 18.5 Å². The van der Waals surface area contributed by atoms with Crippen molar-refractivity contribution < 1.29 is 0 Å². The van der Waals surface area contributed by atoms with Crippen LogP contribution in [0.25, 0.3) is 0 Å². The Morgan fingerprint density at radius 3 is 2.64 bits per heavy atom. The number of hydrogen-bond acceptors (Lipinski definition) is 1. The van der Waals surface area contributed by atoms with Crippen molar-refractivity contribution in [3.05, 3.63) is 35.9 Å². The van der Waals surface area contributed by atoms with Crippen LogP contribution in [-0.2, 0) is 6.54 Å². The molecule has 14 heavy (non-hydrogen) atoms. The molecular formula is C13H19N. The summed E-state index contributed by atoms with van der Waals surface area (Å²) in [5, 5.41) is 3.63. The van der Waals surface area contributed by atoms with Crippen molar-refractivity contribution >= 4 is 0 Å². The average Bonchev–Trinajstić information content (AvgIpc) is 2.63. The summed E-state index contributed by atoms with van der Waals surface area (Å²) in [5.41, 5.74) is 1.40. The van der Waals surface area contributed by atoms with Crippen molar-refractivity contribution in [1.82, 2.24) is 5.32 Å². The summed E-state index contributed by atoms with van der Waals surface area (Å²) in [7, 11) is 0. The molecule has 0 amide bonds. The minimum Gasteiger partial charge on any atom is -0.310 e. The van der Waals surface area contributed by atoms with Crippen molar-refractivity contribution in [2.45, 2.75) is 38.8 Å². The highest BCUT2D eigenvalue weighted by Crippen LogP contribution is 2.24. The highest BCUT2D eigenvalue weighted by Gasteiger charge is 2.20. The second kappa shape index (κ2) is 4.61. The Morgan fingerprint density at radius 1 is 1.21 bits per heavy atom. The van der Waals surface area contributed by atoms with E-state index in [1.54, 1.807) is 0 Å². The SMILES string of the molecule is C[C@@H]1CC[C@H](NCc2ccccc2)C1. The first kappa shape index (κ1) is 9.72. The molecular weight excluding hydrogens is 170 g/mol. The lowest BCUT2D eigenvalue weighted by atomic mass is 10.1. The molecule has 1 aromatic carbocycles. The molecule has 0 saturated heterocycles. The van der Waals surface area contributed by atoms with Crippen LogP contribution in [0.15, 0.2) is 30.3 Å². The maximum Gasteiger partial charge on any atom is 0.0208 e. The zero-order valence-corrected chi connectivity index (χ0v) is 8.87. The molecule has 0 heterocycles. The molecule has 0 aliphatic heterocycles. The zero-order chi connectivity index (χ0) is 9.80. The maximum absolute atomic E-state index is 3.63. The molecule has 1 aromatic rings. The normalized spacial score (nSPS) is 26.6. The summed E-state index contributed by atoms with van der Waals surface area (Å²) >= 11 is 0. The second-order valence-electron chi connectivity index (χ2n) is 4.48. The fraction of sp³-hybridized carbons (Fsp3) is 0.538.